The van der Waals surface area contributed by atoms with Gasteiger partial charge in [0.15, 0.2) is 0 Å². The van der Waals surface area contributed by atoms with Gasteiger partial charge in [0, 0.05) is 19.8 Å². The fourth-order valence-corrected chi connectivity index (χ4v) is 1.67. The van der Waals surface area contributed by atoms with Crippen LogP contribution >= 0.6 is 0 Å². The standard InChI is InChI=1S/C15H26O6/c1-13(16)20-11-7-4-6-10-15(18)21-12-8-3-5-9-14(17)19-2/h3-12H2,1-2H3. The summed E-state index contributed by atoms with van der Waals surface area (Å²) in [5, 5.41) is 0. The summed E-state index contributed by atoms with van der Waals surface area (Å²) < 4.78 is 14.4. The first-order valence-corrected chi connectivity index (χ1v) is 7.42. The van der Waals surface area contributed by atoms with Crippen molar-refractivity contribution in [3.63, 3.8) is 0 Å². The van der Waals surface area contributed by atoms with Gasteiger partial charge in [-0.3, -0.25) is 14.4 Å². The fraction of sp³-hybridized carbons (Fsp3) is 0.800. The zero-order chi connectivity index (χ0) is 15.9. The van der Waals surface area contributed by atoms with Crippen LogP contribution in [-0.2, 0) is 28.6 Å². The van der Waals surface area contributed by atoms with Crippen molar-refractivity contribution in [2.24, 2.45) is 0 Å². The lowest BCUT2D eigenvalue weighted by Crippen LogP contribution is -2.06. The first kappa shape index (κ1) is 19.4. The van der Waals surface area contributed by atoms with Crippen molar-refractivity contribution in [2.75, 3.05) is 20.3 Å². The lowest BCUT2D eigenvalue weighted by molar-refractivity contribution is -0.144. The molecule has 122 valence electrons. The summed E-state index contributed by atoms with van der Waals surface area (Å²) in [6.45, 7) is 2.18. The third kappa shape index (κ3) is 14.6. The first-order valence-electron chi connectivity index (χ1n) is 7.42. The highest BCUT2D eigenvalue weighted by Crippen LogP contribution is 2.04. The molecular weight excluding hydrogens is 276 g/mol. The van der Waals surface area contributed by atoms with Crippen LogP contribution in [-0.4, -0.2) is 38.2 Å². The molecule has 0 N–H and O–H groups in total. The van der Waals surface area contributed by atoms with Crippen LogP contribution < -0.4 is 0 Å². The largest absolute Gasteiger partial charge is 0.469 e. The lowest BCUT2D eigenvalue weighted by atomic mass is 10.2. The van der Waals surface area contributed by atoms with Crippen LogP contribution in [0.25, 0.3) is 0 Å². The Morgan fingerprint density at radius 2 is 1.24 bits per heavy atom. The Morgan fingerprint density at radius 3 is 1.76 bits per heavy atom. The van der Waals surface area contributed by atoms with Crippen molar-refractivity contribution < 1.29 is 28.6 Å². The average molecular weight is 302 g/mol. The number of ether oxygens (including phenoxy) is 3. The Labute approximate surface area is 126 Å². The number of carbonyl (C=O) groups is 3. The van der Waals surface area contributed by atoms with Crippen molar-refractivity contribution in [3.8, 4) is 0 Å². The number of carbonyl (C=O) groups excluding carboxylic acids is 3. The molecule has 0 saturated heterocycles. The van der Waals surface area contributed by atoms with Gasteiger partial charge in [-0.1, -0.05) is 0 Å². The Balaban J connectivity index is 3.27. The Kier molecular flexibility index (Phi) is 12.4. The second kappa shape index (κ2) is 13.4. The maximum absolute atomic E-state index is 11.4. The van der Waals surface area contributed by atoms with Crippen LogP contribution in [0.15, 0.2) is 0 Å². The molecule has 0 rings (SSSR count). The molecule has 0 aliphatic carbocycles. The number of esters is 3. The summed E-state index contributed by atoms with van der Waals surface area (Å²) in [5.41, 5.74) is 0. The molecule has 6 heteroatoms. The van der Waals surface area contributed by atoms with Crippen molar-refractivity contribution in [3.05, 3.63) is 0 Å². The molecule has 0 saturated carbocycles. The van der Waals surface area contributed by atoms with Crippen molar-refractivity contribution in [1.82, 2.24) is 0 Å². The van der Waals surface area contributed by atoms with Gasteiger partial charge in [-0.2, -0.15) is 0 Å². The fourth-order valence-electron chi connectivity index (χ4n) is 1.67. The summed E-state index contributed by atoms with van der Waals surface area (Å²) in [7, 11) is 1.37. The topological polar surface area (TPSA) is 78.9 Å². The van der Waals surface area contributed by atoms with Gasteiger partial charge in [0.2, 0.25) is 0 Å². The van der Waals surface area contributed by atoms with E-state index in [1.807, 2.05) is 0 Å². The van der Waals surface area contributed by atoms with Crippen LogP contribution in [0.4, 0.5) is 0 Å². The van der Waals surface area contributed by atoms with Crippen LogP contribution in [0.2, 0.25) is 0 Å². The molecular formula is C15H26O6. The molecule has 0 aromatic rings. The van der Waals surface area contributed by atoms with E-state index in [2.05, 4.69) is 4.74 Å². The normalized spacial score (nSPS) is 10.0. The van der Waals surface area contributed by atoms with Crippen LogP contribution in [0.3, 0.4) is 0 Å². The molecule has 0 spiro atoms. The lowest BCUT2D eigenvalue weighted by Gasteiger charge is -2.05. The zero-order valence-electron chi connectivity index (χ0n) is 13.0. The third-order valence-corrected chi connectivity index (χ3v) is 2.85. The monoisotopic (exact) mass is 302 g/mol. The molecule has 21 heavy (non-hydrogen) atoms. The first-order chi connectivity index (χ1) is 10.1. The van der Waals surface area contributed by atoms with Gasteiger partial charge in [0.05, 0.1) is 20.3 Å². The highest BCUT2D eigenvalue weighted by molar-refractivity contribution is 5.69. The Bertz CT molecular complexity index is 313. The van der Waals surface area contributed by atoms with Crippen LogP contribution in [0.1, 0.15) is 58.3 Å². The van der Waals surface area contributed by atoms with Crippen LogP contribution in [0, 0.1) is 0 Å². The van der Waals surface area contributed by atoms with Gasteiger partial charge in [-0.05, 0) is 38.5 Å². The molecule has 0 heterocycles. The van der Waals surface area contributed by atoms with Gasteiger partial charge in [0.25, 0.3) is 0 Å². The molecule has 0 radical (unpaired) electrons. The van der Waals surface area contributed by atoms with Crippen LogP contribution in [0.5, 0.6) is 0 Å². The summed E-state index contributed by atoms with van der Waals surface area (Å²) in [6.07, 6.45) is 5.49. The number of rotatable bonds is 12. The molecule has 0 unspecified atom stereocenters. The predicted octanol–water partition coefficient (Wildman–Crippen LogP) is 2.39. The number of methoxy groups -OCH3 is 1. The minimum Gasteiger partial charge on any atom is -0.469 e. The van der Waals surface area contributed by atoms with Crippen molar-refractivity contribution in [1.29, 1.82) is 0 Å². The van der Waals surface area contributed by atoms with Crippen molar-refractivity contribution in [2.45, 2.75) is 58.3 Å². The highest BCUT2D eigenvalue weighted by Gasteiger charge is 2.03. The van der Waals surface area contributed by atoms with Gasteiger partial charge in [-0.15, -0.1) is 0 Å². The van der Waals surface area contributed by atoms with Gasteiger partial charge in [-0.25, -0.2) is 0 Å². The molecule has 0 amide bonds. The minimum absolute atomic E-state index is 0.199. The second-order valence-corrected chi connectivity index (χ2v) is 4.76. The van der Waals surface area contributed by atoms with E-state index in [4.69, 9.17) is 9.47 Å². The van der Waals surface area contributed by atoms with E-state index >= 15 is 0 Å². The molecule has 0 aromatic heterocycles. The maximum Gasteiger partial charge on any atom is 0.305 e. The highest BCUT2D eigenvalue weighted by atomic mass is 16.5. The van der Waals surface area contributed by atoms with E-state index in [1.54, 1.807) is 0 Å². The number of hydrogen-bond donors (Lipinski definition) is 0. The molecule has 0 atom stereocenters. The van der Waals surface area contributed by atoms with Crippen molar-refractivity contribution >= 4 is 17.9 Å². The Hall–Kier alpha value is -1.59. The summed E-state index contributed by atoms with van der Waals surface area (Å²) in [4.78, 5) is 32.7. The van der Waals surface area contributed by atoms with E-state index in [9.17, 15) is 14.4 Å². The minimum atomic E-state index is -0.276. The maximum atomic E-state index is 11.4. The van der Waals surface area contributed by atoms with Gasteiger partial charge >= 0.3 is 17.9 Å². The summed E-state index contributed by atoms with van der Waals surface area (Å²) >= 11 is 0. The Morgan fingerprint density at radius 1 is 0.714 bits per heavy atom. The summed E-state index contributed by atoms with van der Waals surface area (Å²) in [5.74, 6) is -0.683. The average Bonchev–Trinajstić information content (AvgIpc) is 2.45. The second-order valence-electron chi connectivity index (χ2n) is 4.76. The molecule has 6 nitrogen and oxygen atoms in total. The molecule has 0 bridgehead atoms. The SMILES string of the molecule is COC(=O)CCCCCOC(=O)CCCCCOC(C)=O. The van der Waals surface area contributed by atoms with Gasteiger partial charge < -0.3 is 14.2 Å². The quantitative estimate of drug-likeness (QED) is 0.313. The van der Waals surface area contributed by atoms with E-state index < -0.39 is 0 Å². The zero-order valence-corrected chi connectivity index (χ0v) is 13.0. The smallest absolute Gasteiger partial charge is 0.305 e. The van der Waals surface area contributed by atoms with Gasteiger partial charge in [0.1, 0.15) is 0 Å². The van der Waals surface area contributed by atoms with E-state index in [0.717, 1.165) is 38.5 Å². The van der Waals surface area contributed by atoms with E-state index in [0.29, 0.717) is 26.1 Å². The molecule has 0 aliphatic rings. The predicted molar refractivity (Wildman–Crippen MR) is 76.5 cm³/mol. The van der Waals surface area contributed by atoms with E-state index in [-0.39, 0.29) is 17.9 Å². The van der Waals surface area contributed by atoms with E-state index in [1.165, 1.54) is 14.0 Å². The number of unbranched alkanes of at least 4 members (excludes halogenated alkanes) is 4. The summed E-state index contributed by atoms with van der Waals surface area (Å²) in [6, 6.07) is 0. The number of hydrogen-bond acceptors (Lipinski definition) is 6. The third-order valence-electron chi connectivity index (χ3n) is 2.85. The molecule has 0 aliphatic heterocycles. The molecule has 0 aromatic carbocycles. The molecule has 0 fully saturated rings.